The SMILES string of the molecule is c1ccc(OCCN2C3=NCCCN3c3ccccc32)cc1. The zero-order chi connectivity index (χ0) is 14.8. The smallest absolute Gasteiger partial charge is 0.205 e. The number of para-hydroxylation sites is 3. The van der Waals surface area contributed by atoms with Crippen molar-refractivity contribution in [1.82, 2.24) is 0 Å². The lowest BCUT2D eigenvalue weighted by atomic mass is 10.2. The maximum atomic E-state index is 5.85. The third-order valence-corrected chi connectivity index (χ3v) is 4.07. The number of aliphatic imine (C=N–C) groups is 1. The Balaban J connectivity index is 1.52. The minimum absolute atomic E-state index is 0.644. The Hall–Kier alpha value is -2.49. The number of nitrogens with zero attached hydrogens (tertiary/aromatic N) is 3. The molecule has 0 spiro atoms. The normalized spacial score (nSPS) is 16.1. The highest BCUT2D eigenvalue weighted by Crippen LogP contribution is 2.37. The van der Waals surface area contributed by atoms with Crippen molar-refractivity contribution >= 4 is 17.3 Å². The first-order chi connectivity index (χ1) is 10.9. The first kappa shape index (κ1) is 13.2. The molecule has 2 aliphatic heterocycles. The van der Waals surface area contributed by atoms with Gasteiger partial charge in [-0.3, -0.25) is 4.99 Å². The van der Waals surface area contributed by atoms with E-state index < -0.39 is 0 Å². The molecule has 0 unspecified atom stereocenters. The van der Waals surface area contributed by atoms with Gasteiger partial charge in [0.25, 0.3) is 0 Å². The van der Waals surface area contributed by atoms with Crippen molar-refractivity contribution in [1.29, 1.82) is 0 Å². The standard InChI is InChI=1S/C18H19N3O/c1-2-7-15(8-3-1)22-14-13-21-17-10-5-4-9-16(17)20-12-6-11-19-18(20)21/h1-5,7-10H,6,11-14H2. The van der Waals surface area contributed by atoms with Crippen LogP contribution in [0.5, 0.6) is 5.75 Å². The molecule has 4 rings (SSSR count). The maximum absolute atomic E-state index is 5.85. The van der Waals surface area contributed by atoms with E-state index in [2.05, 4.69) is 34.1 Å². The molecule has 0 aliphatic carbocycles. The molecule has 0 saturated carbocycles. The Labute approximate surface area is 130 Å². The van der Waals surface area contributed by atoms with Crippen molar-refractivity contribution in [3.8, 4) is 5.75 Å². The number of hydrogen-bond donors (Lipinski definition) is 0. The summed E-state index contributed by atoms with van der Waals surface area (Å²) < 4.78 is 5.85. The van der Waals surface area contributed by atoms with Gasteiger partial charge in [-0.2, -0.15) is 0 Å². The zero-order valence-electron chi connectivity index (χ0n) is 12.5. The molecule has 0 radical (unpaired) electrons. The Kier molecular flexibility index (Phi) is 3.43. The van der Waals surface area contributed by atoms with E-state index in [9.17, 15) is 0 Å². The molecular weight excluding hydrogens is 274 g/mol. The van der Waals surface area contributed by atoms with Crippen LogP contribution in [0.3, 0.4) is 0 Å². The van der Waals surface area contributed by atoms with Crippen molar-refractivity contribution in [2.45, 2.75) is 6.42 Å². The number of rotatable bonds is 4. The van der Waals surface area contributed by atoms with Crippen LogP contribution in [0, 0.1) is 0 Å². The van der Waals surface area contributed by atoms with Crippen LogP contribution in [0.15, 0.2) is 59.6 Å². The summed E-state index contributed by atoms with van der Waals surface area (Å²) in [6.45, 7) is 3.41. The van der Waals surface area contributed by atoms with Crippen molar-refractivity contribution in [2.24, 2.45) is 4.99 Å². The second-order valence-corrected chi connectivity index (χ2v) is 5.49. The molecule has 2 aromatic rings. The molecule has 0 N–H and O–H groups in total. The maximum Gasteiger partial charge on any atom is 0.205 e. The van der Waals surface area contributed by atoms with Gasteiger partial charge in [-0.25, -0.2) is 0 Å². The fourth-order valence-corrected chi connectivity index (χ4v) is 3.07. The van der Waals surface area contributed by atoms with E-state index in [-0.39, 0.29) is 0 Å². The summed E-state index contributed by atoms with van der Waals surface area (Å²) in [5, 5.41) is 0. The Bertz CT molecular complexity index is 684. The molecular formula is C18H19N3O. The Morgan fingerprint density at radius 2 is 1.73 bits per heavy atom. The highest BCUT2D eigenvalue weighted by Gasteiger charge is 2.33. The molecule has 112 valence electrons. The van der Waals surface area contributed by atoms with Gasteiger partial charge in [0.15, 0.2) is 0 Å². The van der Waals surface area contributed by atoms with Crippen molar-refractivity contribution in [3.05, 3.63) is 54.6 Å². The Morgan fingerprint density at radius 3 is 2.59 bits per heavy atom. The second-order valence-electron chi connectivity index (χ2n) is 5.49. The van der Waals surface area contributed by atoms with Gasteiger partial charge in [0, 0.05) is 13.1 Å². The summed E-state index contributed by atoms with van der Waals surface area (Å²) >= 11 is 0. The summed E-state index contributed by atoms with van der Waals surface area (Å²) in [7, 11) is 0. The van der Waals surface area contributed by atoms with Gasteiger partial charge in [0.1, 0.15) is 12.4 Å². The van der Waals surface area contributed by atoms with Crippen LogP contribution in [0.25, 0.3) is 0 Å². The number of anilines is 2. The van der Waals surface area contributed by atoms with E-state index >= 15 is 0 Å². The number of ether oxygens (including phenoxy) is 1. The quantitative estimate of drug-likeness (QED) is 0.867. The van der Waals surface area contributed by atoms with E-state index in [4.69, 9.17) is 9.73 Å². The van der Waals surface area contributed by atoms with Crippen LogP contribution in [0.4, 0.5) is 11.4 Å². The molecule has 0 amide bonds. The summed E-state index contributed by atoms with van der Waals surface area (Å²) in [4.78, 5) is 9.32. The number of hydrogen-bond acceptors (Lipinski definition) is 4. The van der Waals surface area contributed by atoms with E-state index in [1.165, 1.54) is 11.4 Å². The molecule has 2 heterocycles. The fourth-order valence-electron chi connectivity index (χ4n) is 3.07. The summed E-state index contributed by atoms with van der Waals surface area (Å²) in [5.41, 5.74) is 2.50. The van der Waals surface area contributed by atoms with Crippen LogP contribution < -0.4 is 14.5 Å². The van der Waals surface area contributed by atoms with Gasteiger partial charge in [-0.1, -0.05) is 30.3 Å². The van der Waals surface area contributed by atoms with Gasteiger partial charge >= 0.3 is 0 Å². The average Bonchev–Trinajstić information content (AvgIpc) is 2.91. The van der Waals surface area contributed by atoms with Crippen molar-refractivity contribution in [2.75, 3.05) is 36.0 Å². The Morgan fingerprint density at radius 1 is 0.955 bits per heavy atom. The van der Waals surface area contributed by atoms with Crippen LogP contribution >= 0.6 is 0 Å². The third kappa shape index (κ3) is 2.30. The largest absolute Gasteiger partial charge is 0.492 e. The van der Waals surface area contributed by atoms with Gasteiger partial charge in [-0.15, -0.1) is 0 Å². The molecule has 0 atom stereocenters. The van der Waals surface area contributed by atoms with Gasteiger partial charge in [-0.05, 0) is 30.7 Å². The topological polar surface area (TPSA) is 28.1 Å². The van der Waals surface area contributed by atoms with Crippen LogP contribution in [0.1, 0.15) is 6.42 Å². The van der Waals surface area contributed by atoms with Crippen molar-refractivity contribution in [3.63, 3.8) is 0 Å². The molecule has 2 aliphatic rings. The molecule has 0 aromatic heterocycles. The minimum atomic E-state index is 0.644. The highest BCUT2D eigenvalue weighted by molar-refractivity contribution is 6.16. The number of fused-ring (bicyclic) bond motifs is 3. The van der Waals surface area contributed by atoms with Crippen molar-refractivity contribution < 1.29 is 4.74 Å². The molecule has 22 heavy (non-hydrogen) atoms. The van der Waals surface area contributed by atoms with Crippen LogP contribution in [-0.2, 0) is 0 Å². The third-order valence-electron chi connectivity index (χ3n) is 4.07. The van der Waals surface area contributed by atoms with E-state index in [0.717, 1.165) is 37.8 Å². The lowest BCUT2D eigenvalue weighted by Crippen LogP contribution is -2.43. The molecule has 4 nitrogen and oxygen atoms in total. The first-order valence-corrected chi connectivity index (χ1v) is 7.80. The fraction of sp³-hybridized carbons (Fsp3) is 0.278. The van der Waals surface area contributed by atoms with E-state index in [1.54, 1.807) is 0 Å². The summed E-state index contributed by atoms with van der Waals surface area (Å²) in [5.74, 6) is 1.99. The molecule has 0 saturated heterocycles. The predicted octanol–water partition coefficient (Wildman–Crippen LogP) is 3.15. The summed E-state index contributed by atoms with van der Waals surface area (Å²) in [6.07, 6.45) is 1.12. The minimum Gasteiger partial charge on any atom is -0.492 e. The van der Waals surface area contributed by atoms with Gasteiger partial charge < -0.3 is 14.5 Å². The predicted molar refractivity (Wildman–Crippen MR) is 90.0 cm³/mol. The second kappa shape index (κ2) is 5.72. The van der Waals surface area contributed by atoms with Gasteiger partial charge in [0.2, 0.25) is 5.96 Å². The molecule has 0 fully saturated rings. The van der Waals surface area contributed by atoms with Gasteiger partial charge in [0.05, 0.1) is 17.9 Å². The summed E-state index contributed by atoms with van der Waals surface area (Å²) in [6, 6.07) is 18.5. The molecule has 0 bridgehead atoms. The lowest BCUT2D eigenvalue weighted by Gasteiger charge is -2.26. The van der Waals surface area contributed by atoms with E-state index in [1.807, 2.05) is 30.3 Å². The zero-order valence-corrected chi connectivity index (χ0v) is 12.5. The first-order valence-electron chi connectivity index (χ1n) is 7.80. The highest BCUT2D eigenvalue weighted by atomic mass is 16.5. The van der Waals surface area contributed by atoms with E-state index in [0.29, 0.717) is 6.61 Å². The molecule has 2 aromatic carbocycles. The molecule has 4 heteroatoms. The monoisotopic (exact) mass is 293 g/mol. The number of benzene rings is 2. The average molecular weight is 293 g/mol. The van der Waals surface area contributed by atoms with Crippen LogP contribution in [-0.4, -0.2) is 32.2 Å². The number of guanidine groups is 1. The van der Waals surface area contributed by atoms with Crippen LogP contribution in [0.2, 0.25) is 0 Å². The lowest BCUT2D eigenvalue weighted by molar-refractivity contribution is 0.328.